The minimum atomic E-state index is -0.295. The Morgan fingerprint density at radius 1 is 1.17 bits per heavy atom. The van der Waals surface area contributed by atoms with Crippen LogP contribution in [0.5, 0.6) is 0 Å². The average Bonchev–Trinajstić information content (AvgIpc) is 3.31. The molecule has 2 amide bonds. The molecule has 2 heterocycles. The zero-order valence-corrected chi connectivity index (χ0v) is 16.9. The van der Waals surface area contributed by atoms with Gasteiger partial charge in [-0.1, -0.05) is 24.3 Å². The fourth-order valence-electron chi connectivity index (χ4n) is 3.94. The van der Waals surface area contributed by atoms with Crippen molar-refractivity contribution in [2.24, 2.45) is 5.92 Å². The molecule has 1 N–H and O–H groups in total. The van der Waals surface area contributed by atoms with E-state index in [-0.39, 0.29) is 24.2 Å². The predicted molar refractivity (Wildman–Crippen MR) is 114 cm³/mol. The van der Waals surface area contributed by atoms with Crippen LogP contribution < -0.4 is 10.2 Å². The van der Waals surface area contributed by atoms with Crippen molar-refractivity contribution >= 4 is 28.5 Å². The summed E-state index contributed by atoms with van der Waals surface area (Å²) >= 11 is 0. The molecule has 6 nitrogen and oxygen atoms in total. The van der Waals surface area contributed by atoms with Crippen LogP contribution in [0.25, 0.3) is 11.0 Å². The molecule has 6 heteroatoms. The smallest absolute Gasteiger partial charge is 0.227 e. The molecule has 1 aliphatic heterocycles. The van der Waals surface area contributed by atoms with E-state index in [1.54, 1.807) is 4.90 Å². The number of nitrogens with one attached hydrogen (secondary N) is 1. The van der Waals surface area contributed by atoms with Crippen molar-refractivity contribution in [2.75, 3.05) is 18.0 Å². The largest absolute Gasteiger partial charge is 0.356 e. The van der Waals surface area contributed by atoms with E-state index in [9.17, 15) is 9.59 Å². The molecule has 0 bridgehead atoms. The number of aromatic nitrogens is 2. The van der Waals surface area contributed by atoms with Gasteiger partial charge in [-0.3, -0.25) is 9.59 Å². The highest BCUT2D eigenvalue weighted by Crippen LogP contribution is 2.29. The molecule has 150 valence electrons. The Labute approximate surface area is 170 Å². The second kappa shape index (κ2) is 8.07. The van der Waals surface area contributed by atoms with Crippen LogP contribution in [-0.2, 0) is 16.1 Å². The average molecular weight is 390 g/mol. The Balaban J connectivity index is 1.30. The minimum absolute atomic E-state index is 0.0173. The maximum atomic E-state index is 12.6. The summed E-state index contributed by atoms with van der Waals surface area (Å²) in [6.07, 6.45) is 2.92. The Hall–Kier alpha value is -3.15. The molecule has 1 unspecified atom stereocenters. The van der Waals surface area contributed by atoms with E-state index in [1.165, 1.54) is 0 Å². The first kappa shape index (κ1) is 19.2. The van der Waals surface area contributed by atoms with Crippen molar-refractivity contribution in [3.63, 3.8) is 0 Å². The van der Waals surface area contributed by atoms with E-state index in [1.807, 2.05) is 62.6 Å². The molecule has 3 aromatic rings. The first-order valence-corrected chi connectivity index (χ1v) is 10.1. The number of fused-ring (bicyclic) bond motifs is 1. The van der Waals surface area contributed by atoms with Crippen molar-refractivity contribution in [1.82, 2.24) is 14.9 Å². The number of nitrogens with zero attached hydrogens (tertiary/aromatic N) is 3. The summed E-state index contributed by atoms with van der Waals surface area (Å²) in [7, 11) is 0. The van der Waals surface area contributed by atoms with Crippen molar-refractivity contribution < 1.29 is 9.59 Å². The number of anilines is 1. The monoisotopic (exact) mass is 390 g/mol. The number of benzene rings is 2. The number of hydrogen-bond donors (Lipinski definition) is 1. The summed E-state index contributed by atoms with van der Waals surface area (Å²) < 4.78 is 2.10. The van der Waals surface area contributed by atoms with Crippen LogP contribution in [0.4, 0.5) is 5.69 Å². The molecule has 0 aliphatic carbocycles. The topological polar surface area (TPSA) is 67.2 Å². The predicted octanol–water partition coefficient (Wildman–Crippen LogP) is 3.21. The van der Waals surface area contributed by atoms with E-state index >= 15 is 0 Å². The van der Waals surface area contributed by atoms with E-state index in [2.05, 4.69) is 14.9 Å². The van der Waals surface area contributed by atoms with Crippen molar-refractivity contribution in [2.45, 2.75) is 33.2 Å². The summed E-state index contributed by atoms with van der Waals surface area (Å²) in [5.74, 6) is -0.318. The van der Waals surface area contributed by atoms with Gasteiger partial charge in [0.05, 0.1) is 23.3 Å². The number of para-hydroxylation sites is 2. The SMILES string of the molecule is Cc1cccc(N2CC(C(=O)NCCCn3cnc4ccccc43)CC2=O)c1C. The quantitative estimate of drug-likeness (QED) is 0.657. The number of rotatable bonds is 6. The number of imidazole rings is 1. The molecule has 1 fully saturated rings. The first-order valence-electron chi connectivity index (χ1n) is 10.1. The van der Waals surface area contributed by atoms with Gasteiger partial charge in [-0.05, 0) is 49.6 Å². The molecule has 1 saturated heterocycles. The lowest BCUT2D eigenvalue weighted by molar-refractivity contribution is -0.126. The maximum absolute atomic E-state index is 12.6. The van der Waals surface area contributed by atoms with Gasteiger partial charge in [-0.15, -0.1) is 0 Å². The number of carbonyl (C=O) groups is 2. The van der Waals surface area contributed by atoms with E-state index in [0.29, 0.717) is 13.1 Å². The number of aryl methyl sites for hydroxylation is 2. The fourth-order valence-corrected chi connectivity index (χ4v) is 3.94. The Morgan fingerprint density at radius 3 is 2.86 bits per heavy atom. The van der Waals surface area contributed by atoms with Gasteiger partial charge in [0.25, 0.3) is 0 Å². The lowest BCUT2D eigenvalue weighted by atomic mass is 10.1. The molecule has 29 heavy (non-hydrogen) atoms. The van der Waals surface area contributed by atoms with Gasteiger partial charge in [-0.2, -0.15) is 0 Å². The third kappa shape index (κ3) is 3.88. The van der Waals surface area contributed by atoms with E-state index < -0.39 is 0 Å². The van der Waals surface area contributed by atoms with Crippen LogP contribution in [-0.4, -0.2) is 34.5 Å². The third-order valence-corrected chi connectivity index (χ3v) is 5.77. The molecule has 2 aromatic carbocycles. The molecule has 1 atom stereocenters. The summed E-state index contributed by atoms with van der Waals surface area (Å²) in [5, 5.41) is 3.00. The van der Waals surface area contributed by atoms with Crippen LogP contribution in [0.15, 0.2) is 48.8 Å². The Morgan fingerprint density at radius 2 is 2.00 bits per heavy atom. The lowest BCUT2D eigenvalue weighted by Crippen LogP contribution is -2.34. The molecule has 0 radical (unpaired) electrons. The van der Waals surface area contributed by atoms with Gasteiger partial charge >= 0.3 is 0 Å². The van der Waals surface area contributed by atoms with Crippen molar-refractivity contribution in [1.29, 1.82) is 0 Å². The van der Waals surface area contributed by atoms with Gasteiger partial charge in [0.2, 0.25) is 11.8 Å². The highest BCUT2D eigenvalue weighted by molar-refractivity contribution is 6.00. The zero-order valence-electron chi connectivity index (χ0n) is 16.9. The highest BCUT2D eigenvalue weighted by atomic mass is 16.2. The van der Waals surface area contributed by atoms with Crippen LogP contribution in [0, 0.1) is 19.8 Å². The second-order valence-electron chi connectivity index (χ2n) is 7.70. The van der Waals surface area contributed by atoms with Crippen LogP contribution in [0.1, 0.15) is 24.0 Å². The molecule has 0 saturated carbocycles. The Bertz CT molecular complexity index is 1060. The number of hydrogen-bond acceptors (Lipinski definition) is 3. The summed E-state index contributed by atoms with van der Waals surface area (Å²) in [6.45, 7) is 5.87. The van der Waals surface area contributed by atoms with Gasteiger partial charge in [0, 0.05) is 31.7 Å². The van der Waals surface area contributed by atoms with Crippen molar-refractivity contribution in [3.8, 4) is 0 Å². The van der Waals surface area contributed by atoms with Gasteiger partial charge in [0.15, 0.2) is 0 Å². The Kier molecular flexibility index (Phi) is 5.34. The first-order chi connectivity index (χ1) is 14.0. The second-order valence-corrected chi connectivity index (χ2v) is 7.70. The molecular weight excluding hydrogens is 364 g/mol. The van der Waals surface area contributed by atoms with Crippen LogP contribution >= 0.6 is 0 Å². The molecule has 1 aliphatic rings. The van der Waals surface area contributed by atoms with Crippen LogP contribution in [0.2, 0.25) is 0 Å². The van der Waals surface area contributed by atoms with E-state index in [0.717, 1.165) is 40.8 Å². The van der Waals surface area contributed by atoms with Crippen LogP contribution in [0.3, 0.4) is 0 Å². The zero-order chi connectivity index (χ0) is 20.4. The normalized spacial score (nSPS) is 16.6. The molecular formula is C23H26N4O2. The van der Waals surface area contributed by atoms with Gasteiger partial charge < -0.3 is 14.8 Å². The molecule has 0 spiro atoms. The van der Waals surface area contributed by atoms with E-state index in [4.69, 9.17) is 0 Å². The maximum Gasteiger partial charge on any atom is 0.227 e. The lowest BCUT2D eigenvalue weighted by Gasteiger charge is -2.20. The molecule has 1 aromatic heterocycles. The summed E-state index contributed by atoms with van der Waals surface area (Å²) in [6, 6.07) is 14.0. The van der Waals surface area contributed by atoms with Gasteiger partial charge in [-0.25, -0.2) is 4.98 Å². The fraction of sp³-hybridized carbons (Fsp3) is 0.348. The van der Waals surface area contributed by atoms with Gasteiger partial charge in [0.1, 0.15) is 0 Å². The summed E-state index contributed by atoms with van der Waals surface area (Å²) in [4.78, 5) is 31.2. The number of carbonyl (C=O) groups excluding carboxylic acids is 2. The molecule has 4 rings (SSSR count). The summed E-state index contributed by atoms with van der Waals surface area (Å²) in [5.41, 5.74) is 5.24. The standard InChI is InChI=1S/C23H26N4O2/c1-16-7-5-10-20(17(16)2)27-14-18(13-22(27)28)23(29)24-11-6-12-26-15-25-19-8-3-4-9-21(19)26/h3-5,7-10,15,18H,6,11-14H2,1-2H3,(H,24,29). The third-order valence-electron chi connectivity index (χ3n) is 5.77. The van der Waals surface area contributed by atoms with Crippen molar-refractivity contribution in [3.05, 3.63) is 59.9 Å². The highest BCUT2D eigenvalue weighted by Gasteiger charge is 2.35. The minimum Gasteiger partial charge on any atom is -0.356 e. The number of amides is 2.